The van der Waals surface area contributed by atoms with Crippen molar-refractivity contribution in [3.63, 3.8) is 0 Å². The Morgan fingerprint density at radius 2 is 2.00 bits per heavy atom. The first-order valence-electron chi connectivity index (χ1n) is 8.39. The molecule has 0 aliphatic heterocycles. The molecule has 0 fully saturated rings. The van der Waals surface area contributed by atoms with Crippen LogP contribution in [0, 0.1) is 0 Å². The average molecular weight is 371 g/mol. The molecule has 136 valence electrons. The summed E-state index contributed by atoms with van der Waals surface area (Å²) in [6.07, 6.45) is 1.85. The molecule has 26 heavy (non-hydrogen) atoms. The summed E-state index contributed by atoms with van der Waals surface area (Å²) in [5, 5.41) is 15.3. The summed E-state index contributed by atoms with van der Waals surface area (Å²) in [4.78, 5) is 13.5. The van der Waals surface area contributed by atoms with E-state index < -0.39 is 0 Å². The molecule has 1 N–H and O–H groups in total. The van der Waals surface area contributed by atoms with Gasteiger partial charge in [0, 0.05) is 27.9 Å². The number of anilines is 1. The van der Waals surface area contributed by atoms with Gasteiger partial charge in [-0.2, -0.15) is 5.10 Å². The molecule has 2 heterocycles. The van der Waals surface area contributed by atoms with Gasteiger partial charge < -0.3 is 4.42 Å². The Morgan fingerprint density at radius 1 is 1.19 bits per heavy atom. The van der Waals surface area contributed by atoms with Crippen LogP contribution in [-0.2, 0) is 0 Å². The van der Waals surface area contributed by atoms with Crippen LogP contribution in [-0.4, -0.2) is 31.1 Å². The second-order valence-corrected chi connectivity index (χ2v) is 7.99. The first-order chi connectivity index (χ1) is 12.4. The number of hydrogen-bond acceptors (Lipinski definition) is 6. The summed E-state index contributed by atoms with van der Waals surface area (Å²) in [7, 11) is 0. The molecule has 7 nitrogen and oxygen atoms in total. The van der Waals surface area contributed by atoms with Gasteiger partial charge in [0.1, 0.15) is 5.69 Å². The molecule has 0 aliphatic carbocycles. The van der Waals surface area contributed by atoms with Crippen molar-refractivity contribution in [3.05, 3.63) is 42.1 Å². The molecule has 2 aromatic heterocycles. The maximum Gasteiger partial charge on any atom is 0.322 e. The van der Waals surface area contributed by atoms with Gasteiger partial charge in [-0.1, -0.05) is 25.0 Å². The summed E-state index contributed by atoms with van der Waals surface area (Å²) < 4.78 is 7.32. The van der Waals surface area contributed by atoms with Gasteiger partial charge in [0.15, 0.2) is 0 Å². The van der Waals surface area contributed by atoms with E-state index in [2.05, 4.69) is 34.5 Å². The zero-order valence-electron chi connectivity index (χ0n) is 15.1. The van der Waals surface area contributed by atoms with Crippen molar-refractivity contribution >= 4 is 23.7 Å². The van der Waals surface area contributed by atoms with Gasteiger partial charge in [-0.25, -0.2) is 0 Å². The number of nitrogens with one attached hydrogen (secondary N) is 1. The van der Waals surface area contributed by atoms with Gasteiger partial charge in [-0.05, 0) is 38.1 Å². The van der Waals surface area contributed by atoms with Gasteiger partial charge in [-0.3, -0.25) is 14.8 Å². The highest BCUT2D eigenvalue weighted by atomic mass is 32.2. The molecule has 3 rings (SSSR count). The van der Waals surface area contributed by atoms with Crippen molar-refractivity contribution in [1.29, 1.82) is 0 Å². The van der Waals surface area contributed by atoms with Crippen LogP contribution in [0.5, 0.6) is 0 Å². The van der Waals surface area contributed by atoms with E-state index in [-0.39, 0.29) is 23.9 Å². The van der Waals surface area contributed by atoms with E-state index in [1.165, 1.54) is 0 Å². The minimum Gasteiger partial charge on any atom is -0.401 e. The second kappa shape index (κ2) is 7.74. The Bertz CT molecular complexity index is 900. The highest BCUT2D eigenvalue weighted by Crippen LogP contribution is 2.24. The summed E-state index contributed by atoms with van der Waals surface area (Å²) in [5.41, 5.74) is 1.11. The molecule has 0 bridgehead atoms. The van der Waals surface area contributed by atoms with Crippen LogP contribution in [0.25, 0.3) is 11.6 Å². The van der Waals surface area contributed by atoms with Crippen molar-refractivity contribution in [2.24, 2.45) is 0 Å². The first kappa shape index (κ1) is 18.2. The van der Waals surface area contributed by atoms with E-state index in [4.69, 9.17) is 4.42 Å². The van der Waals surface area contributed by atoms with Crippen molar-refractivity contribution in [2.45, 2.75) is 43.9 Å². The highest BCUT2D eigenvalue weighted by Gasteiger charge is 2.15. The Kier molecular flexibility index (Phi) is 5.41. The molecular formula is C18H21N5O2S. The third kappa shape index (κ3) is 4.32. The predicted molar refractivity (Wildman–Crippen MR) is 101 cm³/mol. The van der Waals surface area contributed by atoms with Crippen LogP contribution in [0.2, 0.25) is 0 Å². The van der Waals surface area contributed by atoms with E-state index in [1.54, 1.807) is 28.6 Å². The molecular weight excluding hydrogens is 350 g/mol. The monoisotopic (exact) mass is 371 g/mol. The summed E-state index contributed by atoms with van der Waals surface area (Å²) in [6.45, 7) is 8.28. The van der Waals surface area contributed by atoms with E-state index in [0.29, 0.717) is 16.5 Å². The fourth-order valence-corrected chi connectivity index (χ4v) is 3.17. The number of hydrogen-bond donors (Lipinski definition) is 1. The topological polar surface area (TPSA) is 85.8 Å². The maximum atomic E-state index is 12.4. The van der Waals surface area contributed by atoms with Crippen molar-refractivity contribution in [1.82, 2.24) is 20.0 Å². The molecule has 0 saturated heterocycles. The minimum atomic E-state index is -0.292. The number of benzene rings is 1. The SMILES string of the molecule is CC(C)Sc1cccc(C(=O)Nc2nnc(-c3ccn(C(C)C)n3)o2)c1. The largest absolute Gasteiger partial charge is 0.401 e. The third-order valence-electron chi connectivity index (χ3n) is 3.47. The molecule has 0 unspecified atom stereocenters. The number of carbonyl (C=O) groups excluding carboxylic acids is 1. The fourth-order valence-electron chi connectivity index (χ4n) is 2.27. The lowest BCUT2D eigenvalue weighted by atomic mass is 10.2. The zero-order chi connectivity index (χ0) is 18.7. The number of nitrogens with zero attached hydrogens (tertiary/aromatic N) is 4. The molecule has 0 aliphatic rings. The van der Waals surface area contributed by atoms with Crippen molar-refractivity contribution in [2.75, 3.05) is 5.32 Å². The maximum absolute atomic E-state index is 12.4. The van der Waals surface area contributed by atoms with Gasteiger partial charge in [-0.15, -0.1) is 16.9 Å². The minimum absolute atomic E-state index is 0.0472. The Morgan fingerprint density at radius 3 is 2.69 bits per heavy atom. The Balaban J connectivity index is 1.71. The van der Waals surface area contributed by atoms with Crippen molar-refractivity contribution < 1.29 is 9.21 Å². The van der Waals surface area contributed by atoms with Gasteiger partial charge >= 0.3 is 6.01 Å². The third-order valence-corrected chi connectivity index (χ3v) is 4.47. The molecule has 8 heteroatoms. The van der Waals surface area contributed by atoms with Gasteiger partial charge in [0.25, 0.3) is 11.8 Å². The summed E-state index contributed by atoms with van der Waals surface area (Å²) in [6, 6.07) is 9.52. The standard InChI is InChI=1S/C18H21N5O2S/c1-11(2)23-9-8-15(22-23)17-20-21-18(25-17)19-16(24)13-6-5-7-14(10-13)26-12(3)4/h5-12H,1-4H3,(H,19,21,24). The molecule has 1 amide bonds. The highest BCUT2D eigenvalue weighted by molar-refractivity contribution is 7.99. The fraction of sp³-hybridized carbons (Fsp3) is 0.333. The predicted octanol–water partition coefficient (Wildman–Crippen LogP) is 4.27. The van der Waals surface area contributed by atoms with Crippen LogP contribution in [0.1, 0.15) is 44.1 Å². The first-order valence-corrected chi connectivity index (χ1v) is 9.27. The second-order valence-electron chi connectivity index (χ2n) is 6.34. The van der Waals surface area contributed by atoms with Crippen LogP contribution < -0.4 is 5.32 Å². The number of carbonyl (C=O) groups is 1. The quantitative estimate of drug-likeness (QED) is 0.651. The Hall–Kier alpha value is -2.61. The lowest BCUT2D eigenvalue weighted by Crippen LogP contribution is -2.12. The van der Waals surface area contributed by atoms with Crippen LogP contribution in [0.15, 0.2) is 45.8 Å². The average Bonchev–Trinajstić information content (AvgIpc) is 3.23. The van der Waals surface area contributed by atoms with E-state index in [9.17, 15) is 4.79 Å². The summed E-state index contributed by atoms with van der Waals surface area (Å²) in [5.74, 6) is -0.0251. The smallest absolute Gasteiger partial charge is 0.322 e. The van der Waals surface area contributed by atoms with Gasteiger partial charge in [0.2, 0.25) is 0 Å². The van der Waals surface area contributed by atoms with E-state index in [0.717, 1.165) is 4.90 Å². The van der Waals surface area contributed by atoms with E-state index in [1.807, 2.05) is 38.2 Å². The molecule has 1 aromatic carbocycles. The van der Waals surface area contributed by atoms with Crippen molar-refractivity contribution in [3.8, 4) is 11.6 Å². The number of amides is 1. The zero-order valence-corrected chi connectivity index (χ0v) is 15.9. The summed E-state index contributed by atoms with van der Waals surface area (Å²) >= 11 is 1.70. The molecule has 0 atom stereocenters. The Labute approximate surface area is 156 Å². The van der Waals surface area contributed by atoms with Crippen LogP contribution >= 0.6 is 11.8 Å². The number of thioether (sulfide) groups is 1. The number of rotatable bonds is 6. The van der Waals surface area contributed by atoms with Crippen LogP contribution in [0.4, 0.5) is 6.01 Å². The lowest BCUT2D eigenvalue weighted by molar-refractivity contribution is 0.102. The van der Waals surface area contributed by atoms with Crippen LogP contribution in [0.3, 0.4) is 0 Å². The molecule has 3 aromatic rings. The number of aromatic nitrogens is 4. The lowest BCUT2D eigenvalue weighted by Gasteiger charge is -2.06. The van der Waals surface area contributed by atoms with E-state index >= 15 is 0 Å². The van der Waals surface area contributed by atoms with Gasteiger partial charge in [0.05, 0.1) is 0 Å². The normalized spacial score (nSPS) is 11.3. The molecule has 0 saturated carbocycles. The molecule has 0 radical (unpaired) electrons. The molecule has 0 spiro atoms.